The first-order chi connectivity index (χ1) is 11.6. The minimum atomic E-state index is -0.257. The van der Waals surface area contributed by atoms with Gasteiger partial charge in [-0.05, 0) is 41.8 Å². The van der Waals surface area contributed by atoms with Crippen LogP contribution < -0.4 is 20.5 Å². The van der Waals surface area contributed by atoms with E-state index in [0.29, 0.717) is 23.9 Å². The lowest BCUT2D eigenvalue weighted by molar-refractivity contribution is 0.353. The van der Waals surface area contributed by atoms with E-state index in [1.165, 1.54) is 12.1 Å². The first kappa shape index (κ1) is 16.1. The van der Waals surface area contributed by atoms with Crippen molar-refractivity contribution in [2.45, 2.75) is 18.5 Å². The zero-order valence-electron chi connectivity index (χ0n) is 13.6. The second kappa shape index (κ2) is 6.78. The van der Waals surface area contributed by atoms with E-state index in [1.807, 2.05) is 18.2 Å². The Balaban J connectivity index is 1.88. The van der Waals surface area contributed by atoms with Crippen molar-refractivity contribution >= 4 is 5.96 Å². The average molecular weight is 329 g/mol. The lowest BCUT2D eigenvalue weighted by atomic mass is 9.93. The highest BCUT2D eigenvalue weighted by atomic mass is 19.1. The summed E-state index contributed by atoms with van der Waals surface area (Å²) in [6.07, 6.45) is 0.710. The fraction of sp³-hybridized carbons (Fsp3) is 0.278. The molecule has 126 valence electrons. The number of ether oxygens (including phenoxy) is 2. The van der Waals surface area contributed by atoms with Gasteiger partial charge >= 0.3 is 0 Å². The van der Waals surface area contributed by atoms with Gasteiger partial charge in [-0.1, -0.05) is 18.2 Å². The Labute approximate surface area is 140 Å². The van der Waals surface area contributed by atoms with Crippen LogP contribution in [0, 0.1) is 5.82 Å². The topological polar surface area (TPSA) is 68.9 Å². The first-order valence-electron chi connectivity index (χ1n) is 7.68. The van der Waals surface area contributed by atoms with E-state index >= 15 is 0 Å². The molecule has 3 N–H and O–H groups in total. The molecule has 0 radical (unpaired) electrons. The quantitative estimate of drug-likeness (QED) is 0.905. The standard InChI is InChI=1S/C18H20FN3O2/c1-23-16-8-5-12(9-17(16)24-2)15-10-14(21-18(20)22-15)11-3-6-13(19)7-4-11/h3-9,14-15H,10H2,1-2H3,(H3,20,21,22). The maximum atomic E-state index is 13.1. The third kappa shape index (κ3) is 3.27. The minimum absolute atomic E-state index is 0.0267. The molecule has 2 aromatic rings. The Morgan fingerprint density at radius 3 is 2.38 bits per heavy atom. The Bertz CT molecular complexity index is 746. The van der Waals surface area contributed by atoms with E-state index in [-0.39, 0.29) is 17.9 Å². The van der Waals surface area contributed by atoms with E-state index in [2.05, 4.69) is 10.3 Å². The van der Waals surface area contributed by atoms with Crippen molar-refractivity contribution in [1.29, 1.82) is 0 Å². The number of nitrogens with two attached hydrogens (primary N) is 1. The number of hydrogen-bond donors (Lipinski definition) is 2. The number of benzene rings is 2. The number of halogens is 1. The van der Waals surface area contributed by atoms with Crippen LogP contribution in [0.5, 0.6) is 11.5 Å². The summed E-state index contributed by atoms with van der Waals surface area (Å²) in [4.78, 5) is 4.49. The zero-order chi connectivity index (χ0) is 17.1. The summed E-state index contributed by atoms with van der Waals surface area (Å²) in [7, 11) is 3.20. The molecule has 24 heavy (non-hydrogen) atoms. The number of methoxy groups -OCH3 is 2. The van der Waals surface area contributed by atoms with Crippen molar-refractivity contribution < 1.29 is 13.9 Å². The van der Waals surface area contributed by atoms with Crippen LogP contribution in [0.25, 0.3) is 0 Å². The summed E-state index contributed by atoms with van der Waals surface area (Å²) in [6.45, 7) is 0. The van der Waals surface area contributed by atoms with Crippen LogP contribution in [0.1, 0.15) is 29.6 Å². The summed E-state index contributed by atoms with van der Waals surface area (Å²) >= 11 is 0. The van der Waals surface area contributed by atoms with E-state index < -0.39 is 0 Å². The Morgan fingerprint density at radius 1 is 1.04 bits per heavy atom. The number of hydrogen-bond acceptors (Lipinski definition) is 5. The molecule has 0 saturated carbocycles. The fourth-order valence-corrected chi connectivity index (χ4v) is 2.90. The molecule has 0 aromatic heterocycles. The Kier molecular flexibility index (Phi) is 4.55. The molecule has 5 nitrogen and oxygen atoms in total. The highest BCUT2D eigenvalue weighted by Crippen LogP contribution is 2.36. The molecule has 2 aromatic carbocycles. The average Bonchev–Trinajstić information content (AvgIpc) is 2.61. The van der Waals surface area contributed by atoms with Crippen molar-refractivity contribution in [2.75, 3.05) is 14.2 Å². The normalized spacial score (nSPS) is 20.0. The van der Waals surface area contributed by atoms with Crippen LogP contribution in [0.4, 0.5) is 4.39 Å². The molecule has 0 saturated heterocycles. The molecule has 0 fully saturated rings. The number of rotatable bonds is 4. The van der Waals surface area contributed by atoms with Crippen LogP contribution in [-0.4, -0.2) is 20.2 Å². The molecular formula is C18H20FN3O2. The Hall–Kier alpha value is -2.76. The molecule has 0 aliphatic carbocycles. The van der Waals surface area contributed by atoms with Gasteiger partial charge in [-0.15, -0.1) is 0 Å². The number of aliphatic imine (C=N–C) groups is 1. The predicted molar refractivity (Wildman–Crippen MR) is 90.8 cm³/mol. The molecule has 2 unspecified atom stereocenters. The van der Waals surface area contributed by atoms with Gasteiger partial charge < -0.3 is 20.5 Å². The lowest BCUT2D eigenvalue weighted by Crippen LogP contribution is -2.39. The summed E-state index contributed by atoms with van der Waals surface area (Å²) in [6, 6.07) is 12.0. The van der Waals surface area contributed by atoms with Gasteiger partial charge in [0.15, 0.2) is 17.5 Å². The highest BCUT2D eigenvalue weighted by Gasteiger charge is 2.25. The number of guanidine groups is 1. The third-order valence-corrected chi connectivity index (χ3v) is 4.14. The third-order valence-electron chi connectivity index (χ3n) is 4.14. The first-order valence-corrected chi connectivity index (χ1v) is 7.68. The monoisotopic (exact) mass is 329 g/mol. The molecule has 0 amide bonds. The van der Waals surface area contributed by atoms with E-state index in [1.54, 1.807) is 26.4 Å². The minimum Gasteiger partial charge on any atom is -0.493 e. The maximum Gasteiger partial charge on any atom is 0.189 e. The summed E-state index contributed by atoms with van der Waals surface area (Å²) < 4.78 is 23.8. The predicted octanol–water partition coefficient (Wildman–Crippen LogP) is 2.93. The second-order valence-corrected chi connectivity index (χ2v) is 5.63. The van der Waals surface area contributed by atoms with E-state index in [4.69, 9.17) is 15.2 Å². The van der Waals surface area contributed by atoms with E-state index in [9.17, 15) is 4.39 Å². The molecular weight excluding hydrogens is 309 g/mol. The highest BCUT2D eigenvalue weighted by molar-refractivity contribution is 5.79. The summed E-state index contributed by atoms with van der Waals surface area (Å²) in [5, 5.41) is 3.15. The van der Waals surface area contributed by atoms with Gasteiger partial charge in [0, 0.05) is 0 Å². The van der Waals surface area contributed by atoms with Gasteiger partial charge in [0.2, 0.25) is 0 Å². The number of nitrogens with one attached hydrogen (secondary N) is 1. The van der Waals surface area contributed by atoms with Gasteiger partial charge in [-0.3, -0.25) is 0 Å². The van der Waals surface area contributed by atoms with Crippen LogP contribution in [0.2, 0.25) is 0 Å². The van der Waals surface area contributed by atoms with Crippen molar-refractivity contribution in [3.8, 4) is 11.5 Å². The summed E-state index contributed by atoms with van der Waals surface area (Å²) in [5.74, 6) is 1.44. The van der Waals surface area contributed by atoms with Crippen molar-refractivity contribution in [3.63, 3.8) is 0 Å². The van der Waals surface area contributed by atoms with Crippen molar-refractivity contribution in [1.82, 2.24) is 5.32 Å². The van der Waals surface area contributed by atoms with E-state index in [0.717, 1.165) is 11.1 Å². The summed E-state index contributed by atoms with van der Waals surface area (Å²) in [5.41, 5.74) is 7.92. The van der Waals surface area contributed by atoms with Crippen molar-refractivity contribution in [2.24, 2.45) is 10.7 Å². The molecule has 1 heterocycles. The lowest BCUT2D eigenvalue weighted by Gasteiger charge is -2.29. The molecule has 2 atom stereocenters. The van der Waals surface area contributed by atoms with Crippen molar-refractivity contribution in [3.05, 3.63) is 59.4 Å². The van der Waals surface area contributed by atoms with Crippen LogP contribution in [0.3, 0.4) is 0 Å². The fourth-order valence-electron chi connectivity index (χ4n) is 2.90. The van der Waals surface area contributed by atoms with Crippen LogP contribution >= 0.6 is 0 Å². The largest absolute Gasteiger partial charge is 0.493 e. The van der Waals surface area contributed by atoms with Gasteiger partial charge in [0.05, 0.1) is 26.3 Å². The molecule has 1 aliphatic rings. The van der Waals surface area contributed by atoms with Gasteiger partial charge in [-0.2, -0.15) is 0 Å². The van der Waals surface area contributed by atoms with Gasteiger partial charge in [0.1, 0.15) is 5.82 Å². The SMILES string of the molecule is COc1ccc(C2CC(c3ccc(F)cc3)NC(N)=N2)cc1OC. The van der Waals surface area contributed by atoms with Gasteiger partial charge in [-0.25, -0.2) is 9.38 Å². The van der Waals surface area contributed by atoms with Gasteiger partial charge in [0.25, 0.3) is 0 Å². The number of nitrogens with zero attached hydrogens (tertiary/aromatic N) is 1. The Morgan fingerprint density at radius 2 is 1.71 bits per heavy atom. The smallest absolute Gasteiger partial charge is 0.189 e. The van der Waals surface area contributed by atoms with Crippen LogP contribution in [0.15, 0.2) is 47.5 Å². The maximum absolute atomic E-state index is 13.1. The zero-order valence-corrected chi connectivity index (χ0v) is 13.6. The molecule has 1 aliphatic heterocycles. The molecule has 3 rings (SSSR count). The van der Waals surface area contributed by atoms with Crippen LogP contribution in [-0.2, 0) is 0 Å². The molecule has 6 heteroatoms. The molecule has 0 bridgehead atoms. The second-order valence-electron chi connectivity index (χ2n) is 5.63. The molecule has 0 spiro atoms.